The second-order valence-electron chi connectivity index (χ2n) is 5.08. The Hall–Kier alpha value is -1.61. The maximum atomic E-state index is 10.2. The molecule has 1 heterocycles. The van der Waals surface area contributed by atoms with Gasteiger partial charge >= 0.3 is 0 Å². The molecule has 18 heavy (non-hydrogen) atoms. The summed E-state index contributed by atoms with van der Waals surface area (Å²) in [5, 5.41) is 11.3. The third kappa shape index (κ3) is 2.31. The first kappa shape index (κ1) is 11.5. The van der Waals surface area contributed by atoms with E-state index in [1.54, 1.807) is 6.20 Å². The van der Waals surface area contributed by atoms with Crippen LogP contribution in [0.15, 0.2) is 36.5 Å². The Kier molecular flexibility index (Phi) is 2.92. The van der Waals surface area contributed by atoms with Gasteiger partial charge in [-0.15, -0.1) is 0 Å². The van der Waals surface area contributed by atoms with E-state index >= 15 is 0 Å². The summed E-state index contributed by atoms with van der Waals surface area (Å²) in [5.41, 5.74) is 0.341. The molecule has 0 spiro atoms. The second kappa shape index (κ2) is 4.58. The van der Waals surface area contributed by atoms with Crippen LogP contribution >= 0.6 is 0 Å². The molecule has 1 aliphatic rings. The number of ether oxygens (including phenoxy) is 1. The van der Waals surface area contributed by atoms with Crippen LogP contribution < -0.4 is 4.74 Å². The lowest BCUT2D eigenvalue weighted by Crippen LogP contribution is -2.32. The molecule has 94 valence electrons. The minimum Gasteiger partial charge on any atom is -0.491 e. The van der Waals surface area contributed by atoms with Gasteiger partial charge in [0.15, 0.2) is 0 Å². The van der Waals surface area contributed by atoms with Crippen molar-refractivity contribution < 1.29 is 9.84 Å². The third-order valence-corrected chi connectivity index (χ3v) is 3.62. The summed E-state index contributed by atoms with van der Waals surface area (Å²) in [4.78, 5) is 4.27. The lowest BCUT2D eigenvalue weighted by atomic mass is 10.0. The largest absolute Gasteiger partial charge is 0.491 e. The predicted molar refractivity (Wildman–Crippen MR) is 70.7 cm³/mol. The number of hydrogen-bond acceptors (Lipinski definition) is 3. The highest BCUT2D eigenvalue weighted by Gasteiger charge is 2.31. The van der Waals surface area contributed by atoms with Gasteiger partial charge in [-0.2, -0.15) is 0 Å². The monoisotopic (exact) mass is 243 g/mol. The smallest absolute Gasteiger partial charge is 0.120 e. The first-order chi connectivity index (χ1) is 8.75. The van der Waals surface area contributed by atoms with E-state index in [1.165, 1.54) is 0 Å². The van der Waals surface area contributed by atoms with Crippen molar-refractivity contribution in [1.29, 1.82) is 0 Å². The summed E-state index contributed by atoms with van der Waals surface area (Å²) < 4.78 is 5.72. The molecule has 0 unspecified atom stereocenters. The summed E-state index contributed by atoms with van der Waals surface area (Å²) in [6.07, 6.45) is 5.68. The summed E-state index contributed by atoms with van der Waals surface area (Å²) in [5.74, 6) is 0.802. The molecule has 0 atom stereocenters. The lowest BCUT2D eigenvalue weighted by Gasteiger charge is -2.22. The molecule has 1 fully saturated rings. The van der Waals surface area contributed by atoms with Crippen molar-refractivity contribution in [1.82, 2.24) is 4.98 Å². The average molecular weight is 243 g/mol. The average Bonchev–Trinajstić information content (AvgIpc) is 2.84. The SMILES string of the molecule is OC1(COc2ccc3ncccc3c2)CCCC1. The van der Waals surface area contributed by atoms with E-state index in [0.29, 0.717) is 6.61 Å². The van der Waals surface area contributed by atoms with E-state index in [-0.39, 0.29) is 0 Å². The standard InChI is InChI=1S/C15H17NO2/c17-15(7-1-2-8-15)11-18-13-5-6-14-12(10-13)4-3-9-16-14/h3-6,9-10,17H,1-2,7-8,11H2. The normalized spacial score (nSPS) is 18.1. The molecule has 0 saturated heterocycles. The predicted octanol–water partition coefficient (Wildman–Crippen LogP) is 2.92. The van der Waals surface area contributed by atoms with E-state index in [4.69, 9.17) is 4.74 Å². The molecule has 3 rings (SSSR count). The quantitative estimate of drug-likeness (QED) is 0.901. The number of nitrogens with zero attached hydrogens (tertiary/aromatic N) is 1. The summed E-state index contributed by atoms with van der Waals surface area (Å²) in [6.45, 7) is 0.388. The number of aliphatic hydroxyl groups is 1. The first-order valence-electron chi connectivity index (χ1n) is 6.45. The number of aromatic nitrogens is 1. The molecule has 3 nitrogen and oxygen atoms in total. The Balaban J connectivity index is 1.74. The van der Waals surface area contributed by atoms with Crippen LogP contribution in [0.2, 0.25) is 0 Å². The maximum Gasteiger partial charge on any atom is 0.120 e. The molecular weight excluding hydrogens is 226 g/mol. The molecule has 2 aromatic rings. The summed E-state index contributed by atoms with van der Waals surface area (Å²) >= 11 is 0. The zero-order valence-electron chi connectivity index (χ0n) is 10.3. The van der Waals surface area contributed by atoms with Crippen LogP contribution in [0.1, 0.15) is 25.7 Å². The highest BCUT2D eigenvalue weighted by atomic mass is 16.5. The van der Waals surface area contributed by atoms with Crippen molar-refractivity contribution in [2.24, 2.45) is 0 Å². The molecule has 1 aromatic carbocycles. The fraction of sp³-hybridized carbons (Fsp3) is 0.400. The highest BCUT2D eigenvalue weighted by Crippen LogP contribution is 2.30. The van der Waals surface area contributed by atoms with Gasteiger partial charge in [0.2, 0.25) is 0 Å². The van der Waals surface area contributed by atoms with Gasteiger partial charge in [0, 0.05) is 11.6 Å². The van der Waals surface area contributed by atoms with Gasteiger partial charge in [0.1, 0.15) is 12.4 Å². The van der Waals surface area contributed by atoms with E-state index < -0.39 is 5.60 Å². The Morgan fingerprint density at radius 2 is 2.06 bits per heavy atom. The van der Waals surface area contributed by atoms with Crippen LogP contribution in [0, 0.1) is 0 Å². The molecule has 1 aromatic heterocycles. The van der Waals surface area contributed by atoms with Crippen molar-refractivity contribution in [2.75, 3.05) is 6.61 Å². The first-order valence-corrected chi connectivity index (χ1v) is 6.45. The molecule has 1 N–H and O–H groups in total. The van der Waals surface area contributed by atoms with Gasteiger partial charge < -0.3 is 9.84 Å². The van der Waals surface area contributed by atoms with Crippen LogP contribution in [-0.4, -0.2) is 22.3 Å². The molecule has 1 aliphatic carbocycles. The fourth-order valence-corrected chi connectivity index (χ4v) is 2.54. The molecule has 0 bridgehead atoms. The molecule has 0 amide bonds. The van der Waals surface area contributed by atoms with Crippen molar-refractivity contribution in [2.45, 2.75) is 31.3 Å². The lowest BCUT2D eigenvalue weighted by molar-refractivity contribution is 0.00145. The van der Waals surface area contributed by atoms with Gasteiger partial charge in [-0.25, -0.2) is 0 Å². The fourth-order valence-electron chi connectivity index (χ4n) is 2.54. The number of benzene rings is 1. The van der Waals surface area contributed by atoms with Crippen LogP contribution in [0.5, 0.6) is 5.75 Å². The van der Waals surface area contributed by atoms with Crippen LogP contribution in [0.3, 0.4) is 0 Å². The van der Waals surface area contributed by atoms with E-state index in [9.17, 15) is 5.11 Å². The van der Waals surface area contributed by atoms with Crippen molar-refractivity contribution in [3.63, 3.8) is 0 Å². The van der Waals surface area contributed by atoms with Crippen molar-refractivity contribution >= 4 is 10.9 Å². The summed E-state index contributed by atoms with van der Waals surface area (Å²) in [6, 6.07) is 9.76. The Morgan fingerprint density at radius 1 is 1.22 bits per heavy atom. The van der Waals surface area contributed by atoms with Crippen LogP contribution in [0.4, 0.5) is 0 Å². The molecule has 0 radical (unpaired) electrons. The number of rotatable bonds is 3. The van der Waals surface area contributed by atoms with E-state index in [0.717, 1.165) is 42.3 Å². The highest BCUT2D eigenvalue weighted by molar-refractivity contribution is 5.79. The van der Waals surface area contributed by atoms with Gasteiger partial charge in [0.25, 0.3) is 0 Å². The van der Waals surface area contributed by atoms with E-state index in [1.807, 2.05) is 30.3 Å². The number of pyridine rings is 1. The zero-order valence-corrected chi connectivity index (χ0v) is 10.3. The molecular formula is C15H17NO2. The molecule has 1 saturated carbocycles. The number of fused-ring (bicyclic) bond motifs is 1. The topological polar surface area (TPSA) is 42.4 Å². The zero-order chi connectivity index (χ0) is 12.4. The third-order valence-electron chi connectivity index (χ3n) is 3.62. The van der Waals surface area contributed by atoms with Crippen LogP contribution in [-0.2, 0) is 0 Å². The van der Waals surface area contributed by atoms with Gasteiger partial charge in [0.05, 0.1) is 11.1 Å². The van der Waals surface area contributed by atoms with Crippen molar-refractivity contribution in [3.8, 4) is 5.75 Å². The number of hydrogen-bond donors (Lipinski definition) is 1. The molecule has 3 heteroatoms. The second-order valence-corrected chi connectivity index (χ2v) is 5.08. The van der Waals surface area contributed by atoms with Gasteiger partial charge in [-0.1, -0.05) is 18.9 Å². The Labute approximate surface area is 106 Å². The van der Waals surface area contributed by atoms with Crippen molar-refractivity contribution in [3.05, 3.63) is 36.5 Å². The maximum absolute atomic E-state index is 10.2. The Morgan fingerprint density at radius 3 is 2.89 bits per heavy atom. The molecule has 0 aliphatic heterocycles. The van der Waals surface area contributed by atoms with Gasteiger partial charge in [-0.3, -0.25) is 4.98 Å². The summed E-state index contributed by atoms with van der Waals surface area (Å²) in [7, 11) is 0. The van der Waals surface area contributed by atoms with E-state index in [2.05, 4.69) is 4.98 Å². The van der Waals surface area contributed by atoms with Gasteiger partial charge in [-0.05, 0) is 37.1 Å². The van der Waals surface area contributed by atoms with Crippen LogP contribution in [0.25, 0.3) is 10.9 Å². The Bertz CT molecular complexity index is 547. The minimum atomic E-state index is -0.621. The minimum absolute atomic E-state index is 0.388.